The highest BCUT2D eigenvalue weighted by Crippen LogP contribution is 2.20. The highest BCUT2D eigenvalue weighted by Gasteiger charge is 2.13. The average molecular weight is 357 g/mol. The van der Waals surface area contributed by atoms with E-state index in [1.54, 1.807) is 12.1 Å². The average Bonchev–Trinajstić information content (AvgIpc) is 2.91. The first-order valence-corrected chi connectivity index (χ1v) is 9.34. The van der Waals surface area contributed by atoms with E-state index in [9.17, 15) is 8.42 Å². The third-order valence-corrected chi connectivity index (χ3v) is 4.99. The Labute approximate surface area is 146 Å². The van der Waals surface area contributed by atoms with Crippen LogP contribution in [0.4, 0.5) is 0 Å². The Hall–Kier alpha value is -2.80. The van der Waals surface area contributed by atoms with E-state index >= 15 is 0 Å². The van der Waals surface area contributed by atoms with Crippen LogP contribution in [0.5, 0.6) is 5.75 Å². The maximum absolute atomic E-state index is 12.3. The molecule has 0 radical (unpaired) electrons. The van der Waals surface area contributed by atoms with Gasteiger partial charge in [-0.1, -0.05) is 18.2 Å². The van der Waals surface area contributed by atoms with Gasteiger partial charge in [0.1, 0.15) is 5.75 Å². The standard InChI is InChI=1S/C18H19N3O3S/c1-3-24-14-8-10-15(11-9-14)25(22,23)21-19-12-17-13(2)20-18-7-5-4-6-16(17)18/h4-12,20-21H,3H2,1-2H3. The van der Waals surface area contributed by atoms with Gasteiger partial charge < -0.3 is 9.72 Å². The minimum atomic E-state index is -3.73. The zero-order valence-corrected chi connectivity index (χ0v) is 14.8. The first-order chi connectivity index (χ1) is 12.0. The van der Waals surface area contributed by atoms with Crippen molar-refractivity contribution in [2.75, 3.05) is 6.61 Å². The van der Waals surface area contributed by atoms with Crippen LogP contribution in [0, 0.1) is 6.92 Å². The van der Waals surface area contributed by atoms with Crippen LogP contribution < -0.4 is 9.57 Å². The van der Waals surface area contributed by atoms with Crippen LogP contribution in [0.25, 0.3) is 10.9 Å². The molecule has 0 unspecified atom stereocenters. The van der Waals surface area contributed by atoms with Crippen molar-refractivity contribution < 1.29 is 13.2 Å². The Bertz CT molecular complexity index is 1010. The minimum Gasteiger partial charge on any atom is -0.494 e. The predicted octanol–water partition coefficient (Wildman–Crippen LogP) is 3.19. The Kier molecular flexibility index (Phi) is 4.76. The zero-order chi connectivity index (χ0) is 17.9. The van der Waals surface area contributed by atoms with E-state index in [0.717, 1.165) is 22.2 Å². The number of aromatic nitrogens is 1. The maximum atomic E-state index is 12.3. The smallest absolute Gasteiger partial charge is 0.276 e. The first-order valence-electron chi connectivity index (χ1n) is 7.86. The lowest BCUT2D eigenvalue weighted by molar-refractivity contribution is 0.340. The van der Waals surface area contributed by atoms with E-state index in [0.29, 0.717) is 12.4 Å². The van der Waals surface area contributed by atoms with E-state index in [2.05, 4.69) is 14.9 Å². The number of hydrazone groups is 1. The van der Waals surface area contributed by atoms with Crippen LogP contribution in [-0.2, 0) is 10.0 Å². The molecule has 2 aromatic carbocycles. The molecule has 6 nitrogen and oxygen atoms in total. The molecule has 130 valence electrons. The number of benzene rings is 2. The van der Waals surface area contributed by atoms with Crippen LogP contribution in [0.1, 0.15) is 18.2 Å². The second-order valence-electron chi connectivity index (χ2n) is 5.47. The molecule has 2 N–H and O–H groups in total. The lowest BCUT2D eigenvalue weighted by atomic mass is 10.1. The molecule has 1 aromatic heterocycles. The van der Waals surface area contributed by atoms with Crippen molar-refractivity contribution in [2.45, 2.75) is 18.7 Å². The molecule has 0 aliphatic rings. The van der Waals surface area contributed by atoms with E-state index in [1.165, 1.54) is 18.3 Å². The quantitative estimate of drug-likeness (QED) is 0.525. The normalized spacial score (nSPS) is 11.9. The third-order valence-electron chi connectivity index (χ3n) is 3.75. The molecule has 3 aromatic rings. The molecule has 0 atom stereocenters. The number of nitrogens with one attached hydrogen (secondary N) is 2. The SMILES string of the molecule is CCOc1ccc(S(=O)(=O)NN=Cc2c(C)[nH]c3ccccc23)cc1. The summed E-state index contributed by atoms with van der Waals surface area (Å²) in [6, 6.07) is 14.0. The van der Waals surface area contributed by atoms with Crippen LogP contribution in [0.15, 0.2) is 58.5 Å². The van der Waals surface area contributed by atoms with Crippen LogP contribution in [0.2, 0.25) is 0 Å². The van der Waals surface area contributed by atoms with E-state index in [4.69, 9.17) is 4.74 Å². The molecule has 0 bridgehead atoms. The first kappa shape index (κ1) is 17.0. The number of H-pyrrole nitrogens is 1. The fourth-order valence-electron chi connectivity index (χ4n) is 2.56. The summed E-state index contributed by atoms with van der Waals surface area (Å²) < 4.78 is 29.9. The summed E-state index contributed by atoms with van der Waals surface area (Å²) >= 11 is 0. The number of rotatable bonds is 6. The Morgan fingerprint density at radius 3 is 2.60 bits per heavy atom. The molecule has 3 rings (SSSR count). The zero-order valence-electron chi connectivity index (χ0n) is 14.0. The molecule has 1 heterocycles. The second-order valence-corrected chi connectivity index (χ2v) is 7.13. The molecule has 0 aliphatic carbocycles. The van der Waals surface area contributed by atoms with Gasteiger partial charge in [0.15, 0.2) is 0 Å². The van der Waals surface area contributed by atoms with Gasteiger partial charge in [-0.25, -0.2) is 4.83 Å². The number of para-hydroxylation sites is 1. The third kappa shape index (κ3) is 3.66. The van der Waals surface area contributed by atoms with Crippen molar-refractivity contribution in [2.24, 2.45) is 5.10 Å². The maximum Gasteiger partial charge on any atom is 0.276 e. The Morgan fingerprint density at radius 2 is 1.88 bits per heavy atom. The van der Waals surface area contributed by atoms with Crippen molar-refractivity contribution >= 4 is 27.1 Å². The van der Waals surface area contributed by atoms with Gasteiger partial charge in [0.25, 0.3) is 10.0 Å². The molecule has 0 spiro atoms. The largest absolute Gasteiger partial charge is 0.494 e. The van der Waals surface area contributed by atoms with Gasteiger partial charge in [-0.05, 0) is 44.2 Å². The fourth-order valence-corrected chi connectivity index (χ4v) is 3.35. The van der Waals surface area contributed by atoms with Gasteiger partial charge in [-0.2, -0.15) is 13.5 Å². The molecule has 7 heteroatoms. The number of nitrogens with zero attached hydrogens (tertiary/aromatic N) is 1. The lowest BCUT2D eigenvalue weighted by Gasteiger charge is -2.05. The Balaban J connectivity index is 1.79. The van der Waals surface area contributed by atoms with Crippen LogP contribution >= 0.6 is 0 Å². The summed E-state index contributed by atoms with van der Waals surface area (Å²) in [4.78, 5) is 5.61. The number of ether oxygens (including phenoxy) is 1. The van der Waals surface area contributed by atoms with Gasteiger partial charge in [-0.15, -0.1) is 0 Å². The van der Waals surface area contributed by atoms with Crippen LogP contribution in [-0.4, -0.2) is 26.2 Å². The summed E-state index contributed by atoms with van der Waals surface area (Å²) in [6.07, 6.45) is 1.51. The number of hydrogen-bond donors (Lipinski definition) is 2. The van der Waals surface area contributed by atoms with Gasteiger partial charge in [0.2, 0.25) is 0 Å². The lowest BCUT2D eigenvalue weighted by Crippen LogP contribution is -2.18. The predicted molar refractivity (Wildman–Crippen MR) is 98.6 cm³/mol. The van der Waals surface area contributed by atoms with Crippen molar-refractivity contribution in [1.29, 1.82) is 0 Å². The van der Waals surface area contributed by atoms with Crippen molar-refractivity contribution in [1.82, 2.24) is 9.82 Å². The molecule has 0 saturated carbocycles. The van der Waals surface area contributed by atoms with Crippen molar-refractivity contribution in [3.63, 3.8) is 0 Å². The summed E-state index contributed by atoms with van der Waals surface area (Å²) in [6.45, 7) is 4.31. The summed E-state index contributed by atoms with van der Waals surface area (Å²) in [5.41, 5.74) is 2.76. The summed E-state index contributed by atoms with van der Waals surface area (Å²) in [7, 11) is -3.73. The molecular weight excluding hydrogens is 338 g/mol. The monoisotopic (exact) mass is 357 g/mol. The second kappa shape index (κ2) is 6.98. The molecule has 0 fully saturated rings. The summed E-state index contributed by atoms with van der Waals surface area (Å²) in [5, 5.41) is 4.91. The topological polar surface area (TPSA) is 83.6 Å². The van der Waals surface area contributed by atoms with Gasteiger partial charge in [-0.3, -0.25) is 0 Å². The fraction of sp³-hybridized carbons (Fsp3) is 0.167. The molecule has 25 heavy (non-hydrogen) atoms. The molecular formula is C18H19N3O3S. The number of aryl methyl sites for hydroxylation is 1. The highest BCUT2D eigenvalue weighted by molar-refractivity contribution is 7.89. The van der Waals surface area contributed by atoms with Crippen LogP contribution in [0.3, 0.4) is 0 Å². The Morgan fingerprint density at radius 1 is 1.16 bits per heavy atom. The van der Waals surface area contributed by atoms with Crippen molar-refractivity contribution in [3.8, 4) is 5.75 Å². The highest BCUT2D eigenvalue weighted by atomic mass is 32.2. The van der Waals surface area contributed by atoms with E-state index < -0.39 is 10.0 Å². The summed E-state index contributed by atoms with van der Waals surface area (Å²) in [5.74, 6) is 0.624. The van der Waals surface area contributed by atoms with Gasteiger partial charge in [0, 0.05) is 22.2 Å². The minimum absolute atomic E-state index is 0.128. The van der Waals surface area contributed by atoms with Gasteiger partial charge >= 0.3 is 0 Å². The number of aromatic amines is 1. The number of sulfonamides is 1. The number of hydrogen-bond acceptors (Lipinski definition) is 4. The molecule has 0 aliphatic heterocycles. The van der Waals surface area contributed by atoms with Gasteiger partial charge in [0.05, 0.1) is 17.7 Å². The molecule has 0 saturated heterocycles. The van der Waals surface area contributed by atoms with E-state index in [-0.39, 0.29) is 4.90 Å². The number of fused-ring (bicyclic) bond motifs is 1. The molecule has 0 amide bonds. The van der Waals surface area contributed by atoms with E-state index in [1.807, 2.05) is 38.1 Å². The van der Waals surface area contributed by atoms with Crippen molar-refractivity contribution in [3.05, 3.63) is 59.8 Å².